The molecule has 5 aliphatic carbocycles. The third-order valence-electron chi connectivity index (χ3n) is 6.14. The van der Waals surface area contributed by atoms with Gasteiger partial charge >= 0.3 is 0 Å². The van der Waals surface area contributed by atoms with Crippen LogP contribution in [0.15, 0.2) is 0 Å². The molecule has 78 valence electrons. The molecule has 0 radical (unpaired) electrons. The Morgan fingerprint density at radius 3 is 1.93 bits per heavy atom. The summed E-state index contributed by atoms with van der Waals surface area (Å²) < 4.78 is 0. The molecule has 0 saturated heterocycles. The van der Waals surface area contributed by atoms with Crippen LogP contribution in [0.2, 0.25) is 0 Å². The van der Waals surface area contributed by atoms with E-state index in [0.717, 1.165) is 41.5 Å². The fourth-order valence-corrected chi connectivity index (χ4v) is 5.73. The Hall–Kier alpha value is -0.0400. The van der Waals surface area contributed by atoms with Gasteiger partial charge in [-0.25, -0.2) is 0 Å². The van der Waals surface area contributed by atoms with E-state index in [9.17, 15) is 0 Å². The molecule has 5 rings (SSSR count). The highest BCUT2D eigenvalue weighted by atomic mass is 14.8. The van der Waals surface area contributed by atoms with Crippen molar-refractivity contribution < 1.29 is 0 Å². The van der Waals surface area contributed by atoms with Crippen LogP contribution < -0.4 is 5.73 Å². The van der Waals surface area contributed by atoms with Gasteiger partial charge in [0.15, 0.2) is 0 Å². The molecule has 14 heavy (non-hydrogen) atoms. The van der Waals surface area contributed by atoms with Crippen molar-refractivity contribution in [1.82, 2.24) is 0 Å². The lowest BCUT2D eigenvalue weighted by atomic mass is 9.49. The van der Waals surface area contributed by atoms with Crippen molar-refractivity contribution in [2.24, 2.45) is 40.7 Å². The van der Waals surface area contributed by atoms with Gasteiger partial charge in [-0.05, 0) is 80.1 Å². The van der Waals surface area contributed by atoms with E-state index in [1.165, 1.54) is 6.42 Å². The largest absolute Gasteiger partial charge is 0.330 e. The number of hydrogen-bond donors (Lipinski definition) is 1. The quantitative estimate of drug-likeness (QED) is 0.676. The predicted octanol–water partition coefficient (Wildman–Crippen LogP) is 2.41. The predicted molar refractivity (Wildman–Crippen MR) is 56.6 cm³/mol. The minimum absolute atomic E-state index is 0.794. The molecular formula is C13H21N. The molecule has 0 aromatic carbocycles. The Kier molecular flexibility index (Phi) is 1.38. The molecule has 5 fully saturated rings. The first-order valence-corrected chi connectivity index (χ1v) is 6.53. The molecule has 1 heteroatoms. The third-order valence-corrected chi connectivity index (χ3v) is 6.14. The Labute approximate surface area is 86.4 Å². The maximum Gasteiger partial charge on any atom is -0.00431 e. The van der Waals surface area contributed by atoms with Crippen molar-refractivity contribution in [1.29, 1.82) is 0 Å². The van der Waals surface area contributed by atoms with Crippen LogP contribution in [0.1, 0.15) is 38.5 Å². The number of hydrogen-bond acceptors (Lipinski definition) is 1. The molecule has 1 spiro atoms. The van der Waals surface area contributed by atoms with Crippen molar-refractivity contribution in [3.63, 3.8) is 0 Å². The Morgan fingerprint density at radius 1 is 0.929 bits per heavy atom. The van der Waals surface area contributed by atoms with Gasteiger partial charge in [0.25, 0.3) is 0 Å². The fraction of sp³-hybridized carbons (Fsp3) is 1.00. The van der Waals surface area contributed by atoms with Gasteiger partial charge in [0.05, 0.1) is 0 Å². The van der Waals surface area contributed by atoms with Crippen LogP contribution >= 0.6 is 0 Å². The summed E-state index contributed by atoms with van der Waals surface area (Å²) >= 11 is 0. The average molecular weight is 191 g/mol. The van der Waals surface area contributed by atoms with Gasteiger partial charge in [0.1, 0.15) is 0 Å². The SMILES string of the molecule is NCC1CC12C1CC3CC(C1)CC2C3. The van der Waals surface area contributed by atoms with E-state index in [1.807, 2.05) is 0 Å². The second kappa shape index (κ2) is 2.37. The summed E-state index contributed by atoms with van der Waals surface area (Å²) in [5, 5.41) is 0. The highest BCUT2D eigenvalue weighted by Gasteiger charge is 2.67. The second-order valence-electron chi connectivity index (χ2n) is 6.55. The molecule has 5 aliphatic rings. The topological polar surface area (TPSA) is 26.0 Å². The van der Waals surface area contributed by atoms with Crippen molar-refractivity contribution in [2.75, 3.05) is 6.54 Å². The van der Waals surface area contributed by atoms with Gasteiger partial charge in [-0.15, -0.1) is 0 Å². The maximum atomic E-state index is 5.89. The smallest absolute Gasteiger partial charge is 0.00431 e. The van der Waals surface area contributed by atoms with Gasteiger partial charge in [0.2, 0.25) is 0 Å². The van der Waals surface area contributed by atoms with Crippen LogP contribution in [0.4, 0.5) is 0 Å². The molecule has 1 nitrogen and oxygen atoms in total. The minimum Gasteiger partial charge on any atom is -0.330 e. The summed E-state index contributed by atoms with van der Waals surface area (Å²) in [5.41, 5.74) is 6.68. The van der Waals surface area contributed by atoms with Gasteiger partial charge < -0.3 is 5.73 Å². The van der Waals surface area contributed by atoms with Crippen LogP contribution in [0.25, 0.3) is 0 Å². The van der Waals surface area contributed by atoms with E-state index in [-0.39, 0.29) is 0 Å². The van der Waals surface area contributed by atoms with Gasteiger partial charge in [0, 0.05) is 0 Å². The lowest BCUT2D eigenvalue weighted by Gasteiger charge is -2.56. The summed E-state index contributed by atoms with van der Waals surface area (Å²) in [4.78, 5) is 0. The lowest BCUT2D eigenvalue weighted by molar-refractivity contribution is -0.0594. The zero-order valence-electron chi connectivity index (χ0n) is 8.91. The summed E-state index contributed by atoms with van der Waals surface area (Å²) in [5.74, 6) is 5.39. The first-order valence-electron chi connectivity index (χ1n) is 6.53. The Balaban J connectivity index is 1.69. The Morgan fingerprint density at radius 2 is 1.50 bits per heavy atom. The normalized spacial score (nSPS) is 63.6. The second-order valence-corrected chi connectivity index (χ2v) is 6.55. The van der Waals surface area contributed by atoms with Crippen molar-refractivity contribution in [3.05, 3.63) is 0 Å². The molecule has 4 bridgehead atoms. The molecule has 0 amide bonds. The molecule has 2 N–H and O–H groups in total. The summed E-state index contributed by atoms with van der Waals surface area (Å²) in [7, 11) is 0. The van der Waals surface area contributed by atoms with Crippen molar-refractivity contribution >= 4 is 0 Å². The fourth-order valence-electron chi connectivity index (χ4n) is 5.73. The summed E-state index contributed by atoms with van der Waals surface area (Å²) in [6, 6.07) is 0. The molecule has 5 saturated carbocycles. The number of rotatable bonds is 1. The molecular weight excluding hydrogens is 170 g/mol. The Bertz CT molecular complexity index is 242. The first kappa shape index (κ1) is 8.15. The average Bonchev–Trinajstić information content (AvgIpc) is 2.89. The zero-order valence-corrected chi connectivity index (χ0v) is 8.91. The van der Waals surface area contributed by atoms with Gasteiger partial charge in [-0.2, -0.15) is 0 Å². The van der Waals surface area contributed by atoms with Crippen LogP contribution in [0.3, 0.4) is 0 Å². The summed E-state index contributed by atoms with van der Waals surface area (Å²) in [6.07, 6.45) is 9.37. The van der Waals surface area contributed by atoms with Crippen molar-refractivity contribution in [3.8, 4) is 0 Å². The van der Waals surface area contributed by atoms with Crippen molar-refractivity contribution in [2.45, 2.75) is 38.5 Å². The minimum atomic E-state index is 0.794. The first-order chi connectivity index (χ1) is 6.83. The molecule has 0 aliphatic heterocycles. The number of nitrogens with two attached hydrogens (primary N) is 1. The lowest BCUT2D eigenvalue weighted by Crippen LogP contribution is -2.47. The maximum absolute atomic E-state index is 5.89. The molecule has 0 aromatic heterocycles. The van der Waals surface area contributed by atoms with E-state index in [4.69, 9.17) is 5.73 Å². The molecule has 0 heterocycles. The van der Waals surface area contributed by atoms with E-state index in [1.54, 1.807) is 32.1 Å². The third kappa shape index (κ3) is 0.778. The van der Waals surface area contributed by atoms with Crippen LogP contribution in [0.5, 0.6) is 0 Å². The van der Waals surface area contributed by atoms with Crippen LogP contribution in [-0.2, 0) is 0 Å². The van der Waals surface area contributed by atoms with Crippen LogP contribution in [0, 0.1) is 35.0 Å². The van der Waals surface area contributed by atoms with E-state index < -0.39 is 0 Å². The highest BCUT2D eigenvalue weighted by molar-refractivity contribution is 5.17. The zero-order chi connectivity index (χ0) is 9.34. The van der Waals surface area contributed by atoms with E-state index in [2.05, 4.69) is 0 Å². The highest BCUT2D eigenvalue weighted by Crippen LogP contribution is 2.74. The van der Waals surface area contributed by atoms with Gasteiger partial charge in [-0.3, -0.25) is 0 Å². The van der Waals surface area contributed by atoms with E-state index >= 15 is 0 Å². The molecule has 1 unspecified atom stereocenters. The summed E-state index contributed by atoms with van der Waals surface area (Å²) in [6.45, 7) is 0.975. The molecule has 1 atom stereocenters. The standard InChI is InChI=1S/C13H21N/c14-7-12-6-13(12)10-2-8-1-9(4-10)5-11(13)3-8/h8-12H,1-7,14H2. The molecule has 0 aromatic rings. The monoisotopic (exact) mass is 191 g/mol. The van der Waals surface area contributed by atoms with Gasteiger partial charge in [-0.1, -0.05) is 0 Å². The van der Waals surface area contributed by atoms with E-state index in [0.29, 0.717) is 0 Å². The van der Waals surface area contributed by atoms with Crippen LogP contribution in [-0.4, -0.2) is 6.54 Å².